The minimum absolute atomic E-state index is 0.0254. The normalized spacial score (nSPS) is 11.3. The summed E-state index contributed by atoms with van der Waals surface area (Å²) in [5, 5.41) is 9.76. The summed E-state index contributed by atoms with van der Waals surface area (Å²) in [5.41, 5.74) is 2.36. The van der Waals surface area contributed by atoms with Crippen LogP contribution in [0.15, 0.2) is 16.9 Å². The standard InChI is InChI=1S/C16H22N2O3/c1-10(2)9-21-16-17-14-12(5-6-19)7-11(3)8-13(14)15(20)18(16)4/h7-8,10,19H,5-6,9H2,1-4H3. The Kier molecular flexibility index (Phi) is 4.63. The van der Waals surface area contributed by atoms with Crippen molar-refractivity contribution in [1.82, 2.24) is 9.55 Å². The molecule has 2 aromatic rings. The van der Waals surface area contributed by atoms with E-state index < -0.39 is 0 Å². The van der Waals surface area contributed by atoms with Crippen molar-refractivity contribution in [3.8, 4) is 6.01 Å². The highest BCUT2D eigenvalue weighted by molar-refractivity contribution is 5.82. The molecule has 5 nitrogen and oxygen atoms in total. The zero-order valence-corrected chi connectivity index (χ0v) is 13.0. The van der Waals surface area contributed by atoms with Crippen LogP contribution in [0, 0.1) is 12.8 Å². The van der Waals surface area contributed by atoms with Gasteiger partial charge in [-0.2, -0.15) is 4.98 Å². The minimum Gasteiger partial charge on any atom is -0.464 e. The fraction of sp³-hybridized carbons (Fsp3) is 0.500. The summed E-state index contributed by atoms with van der Waals surface area (Å²) in [6, 6.07) is 4.11. The Morgan fingerprint density at radius 3 is 2.71 bits per heavy atom. The maximum absolute atomic E-state index is 12.5. The van der Waals surface area contributed by atoms with E-state index in [1.54, 1.807) is 7.05 Å². The molecule has 0 aliphatic carbocycles. The first kappa shape index (κ1) is 15.5. The van der Waals surface area contributed by atoms with Crippen molar-refractivity contribution in [2.24, 2.45) is 13.0 Å². The molecule has 0 saturated heterocycles. The van der Waals surface area contributed by atoms with Gasteiger partial charge in [-0.05, 0) is 36.5 Å². The molecule has 0 amide bonds. The maximum Gasteiger partial charge on any atom is 0.299 e. The van der Waals surface area contributed by atoms with Crippen molar-refractivity contribution in [3.05, 3.63) is 33.6 Å². The third kappa shape index (κ3) is 3.24. The molecule has 0 unspecified atom stereocenters. The van der Waals surface area contributed by atoms with E-state index in [2.05, 4.69) is 4.98 Å². The Balaban J connectivity index is 2.63. The van der Waals surface area contributed by atoms with E-state index in [0.717, 1.165) is 11.1 Å². The second-order valence-electron chi connectivity index (χ2n) is 5.76. The van der Waals surface area contributed by atoms with Crippen LogP contribution < -0.4 is 10.3 Å². The SMILES string of the molecule is Cc1cc(CCO)c2nc(OCC(C)C)n(C)c(=O)c2c1. The highest BCUT2D eigenvalue weighted by atomic mass is 16.5. The summed E-state index contributed by atoms with van der Waals surface area (Å²) >= 11 is 0. The van der Waals surface area contributed by atoms with Gasteiger partial charge in [0.15, 0.2) is 0 Å². The quantitative estimate of drug-likeness (QED) is 0.912. The Hall–Kier alpha value is -1.88. The molecule has 1 aromatic heterocycles. The van der Waals surface area contributed by atoms with Gasteiger partial charge in [-0.1, -0.05) is 19.9 Å². The minimum atomic E-state index is -0.123. The second kappa shape index (κ2) is 6.26. The number of ether oxygens (including phenoxy) is 1. The predicted octanol–water partition coefficient (Wildman–Crippen LogP) is 1.81. The number of fused-ring (bicyclic) bond motifs is 1. The zero-order chi connectivity index (χ0) is 15.6. The van der Waals surface area contributed by atoms with Gasteiger partial charge in [-0.15, -0.1) is 0 Å². The molecule has 0 spiro atoms. The summed E-state index contributed by atoms with van der Waals surface area (Å²) in [4.78, 5) is 17.0. The van der Waals surface area contributed by atoms with Gasteiger partial charge >= 0.3 is 0 Å². The van der Waals surface area contributed by atoms with Gasteiger partial charge < -0.3 is 9.84 Å². The highest BCUT2D eigenvalue weighted by Gasteiger charge is 2.13. The Labute approximate surface area is 124 Å². The van der Waals surface area contributed by atoms with Crippen molar-refractivity contribution in [2.75, 3.05) is 13.2 Å². The molecule has 1 heterocycles. The number of aliphatic hydroxyl groups is 1. The summed E-state index contributed by atoms with van der Waals surface area (Å²) < 4.78 is 7.08. The largest absolute Gasteiger partial charge is 0.464 e. The van der Waals surface area contributed by atoms with Crippen LogP contribution in [-0.4, -0.2) is 27.9 Å². The van der Waals surface area contributed by atoms with Crippen LogP contribution in [0.1, 0.15) is 25.0 Å². The van der Waals surface area contributed by atoms with Crippen LogP contribution in [0.3, 0.4) is 0 Å². The summed E-state index contributed by atoms with van der Waals surface area (Å²) in [6.07, 6.45) is 0.474. The van der Waals surface area contributed by atoms with Crippen molar-refractivity contribution < 1.29 is 9.84 Å². The third-order valence-corrected chi connectivity index (χ3v) is 3.29. The van der Waals surface area contributed by atoms with Crippen LogP contribution in [0.4, 0.5) is 0 Å². The van der Waals surface area contributed by atoms with E-state index >= 15 is 0 Å². The number of hydrogen-bond donors (Lipinski definition) is 1. The van der Waals surface area contributed by atoms with Gasteiger partial charge in [0.25, 0.3) is 11.6 Å². The highest BCUT2D eigenvalue weighted by Crippen LogP contribution is 2.20. The molecule has 21 heavy (non-hydrogen) atoms. The van der Waals surface area contributed by atoms with E-state index in [1.165, 1.54) is 4.57 Å². The van der Waals surface area contributed by atoms with Crippen LogP contribution in [0.5, 0.6) is 6.01 Å². The van der Waals surface area contributed by atoms with Crippen molar-refractivity contribution in [3.63, 3.8) is 0 Å². The first-order valence-corrected chi connectivity index (χ1v) is 7.18. The molecule has 0 saturated carbocycles. The topological polar surface area (TPSA) is 64.4 Å². The fourth-order valence-corrected chi connectivity index (χ4v) is 2.27. The molecular weight excluding hydrogens is 268 g/mol. The lowest BCUT2D eigenvalue weighted by atomic mass is 10.0. The smallest absolute Gasteiger partial charge is 0.299 e. The molecule has 0 fully saturated rings. The number of hydrogen-bond acceptors (Lipinski definition) is 4. The molecule has 0 atom stereocenters. The van der Waals surface area contributed by atoms with Gasteiger partial charge in [-0.3, -0.25) is 9.36 Å². The number of aliphatic hydroxyl groups excluding tert-OH is 1. The fourth-order valence-electron chi connectivity index (χ4n) is 2.27. The van der Waals surface area contributed by atoms with Gasteiger partial charge in [0.2, 0.25) is 0 Å². The molecule has 5 heteroatoms. The summed E-state index contributed by atoms with van der Waals surface area (Å²) in [5.74, 6) is 0.354. The average Bonchev–Trinajstić information content (AvgIpc) is 2.42. The molecule has 1 N–H and O–H groups in total. The number of rotatable bonds is 5. The van der Waals surface area contributed by atoms with E-state index in [1.807, 2.05) is 32.9 Å². The predicted molar refractivity (Wildman–Crippen MR) is 82.8 cm³/mol. The lowest BCUT2D eigenvalue weighted by molar-refractivity contribution is 0.240. The van der Waals surface area contributed by atoms with Gasteiger partial charge in [-0.25, -0.2) is 0 Å². The zero-order valence-electron chi connectivity index (χ0n) is 13.0. The monoisotopic (exact) mass is 290 g/mol. The van der Waals surface area contributed by atoms with Crippen LogP contribution in [-0.2, 0) is 13.5 Å². The molecule has 0 bridgehead atoms. The average molecular weight is 290 g/mol. The Morgan fingerprint density at radius 1 is 1.38 bits per heavy atom. The van der Waals surface area contributed by atoms with Crippen molar-refractivity contribution in [1.29, 1.82) is 0 Å². The number of nitrogens with zero attached hydrogens (tertiary/aromatic N) is 2. The number of benzene rings is 1. The number of aryl methyl sites for hydroxylation is 1. The van der Waals surface area contributed by atoms with E-state index in [4.69, 9.17) is 4.74 Å². The molecule has 0 radical (unpaired) electrons. The van der Waals surface area contributed by atoms with Crippen molar-refractivity contribution >= 4 is 10.9 Å². The van der Waals surface area contributed by atoms with E-state index in [9.17, 15) is 9.90 Å². The lowest BCUT2D eigenvalue weighted by Gasteiger charge is -2.14. The molecule has 0 aliphatic rings. The molecule has 2 rings (SSSR count). The first-order chi connectivity index (χ1) is 9.93. The molecule has 114 valence electrons. The summed E-state index contributed by atoms with van der Waals surface area (Å²) in [7, 11) is 1.67. The summed E-state index contributed by atoms with van der Waals surface area (Å²) in [6.45, 7) is 6.55. The van der Waals surface area contributed by atoms with E-state index in [0.29, 0.717) is 35.9 Å². The molecule has 0 aliphatic heterocycles. The lowest BCUT2D eigenvalue weighted by Crippen LogP contribution is -2.22. The first-order valence-electron chi connectivity index (χ1n) is 7.18. The van der Waals surface area contributed by atoms with Gasteiger partial charge in [0.1, 0.15) is 0 Å². The Bertz CT molecular complexity index is 705. The van der Waals surface area contributed by atoms with Crippen molar-refractivity contribution in [2.45, 2.75) is 27.2 Å². The second-order valence-corrected chi connectivity index (χ2v) is 5.76. The van der Waals surface area contributed by atoms with E-state index in [-0.39, 0.29) is 12.2 Å². The Morgan fingerprint density at radius 2 is 2.10 bits per heavy atom. The maximum atomic E-state index is 12.5. The molecule has 1 aromatic carbocycles. The van der Waals surface area contributed by atoms with Gasteiger partial charge in [0, 0.05) is 13.7 Å². The number of aromatic nitrogens is 2. The van der Waals surface area contributed by atoms with Gasteiger partial charge in [0.05, 0.1) is 17.5 Å². The third-order valence-electron chi connectivity index (χ3n) is 3.29. The van der Waals surface area contributed by atoms with Crippen LogP contribution >= 0.6 is 0 Å². The molecular formula is C16H22N2O3. The van der Waals surface area contributed by atoms with Crippen LogP contribution in [0.2, 0.25) is 0 Å². The van der Waals surface area contributed by atoms with Crippen LogP contribution in [0.25, 0.3) is 10.9 Å².